The Labute approximate surface area is 181 Å². The van der Waals surface area contributed by atoms with Crippen LogP contribution in [0.3, 0.4) is 0 Å². The smallest absolute Gasteiger partial charge is 0.232 e. The molecule has 6 heteroatoms. The fourth-order valence-electron chi connectivity index (χ4n) is 6.52. The first-order valence-corrected chi connectivity index (χ1v) is 12.6. The molecule has 0 saturated heterocycles. The highest BCUT2D eigenvalue weighted by Gasteiger charge is 2.61. The second-order valence-electron chi connectivity index (χ2n) is 9.57. The molecule has 1 aromatic heterocycles. The van der Waals surface area contributed by atoms with Crippen LogP contribution in [-0.4, -0.2) is 21.0 Å². The molecule has 154 valence electrons. The molecule has 1 amide bonds. The predicted molar refractivity (Wildman–Crippen MR) is 120 cm³/mol. The summed E-state index contributed by atoms with van der Waals surface area (Å²) in [5.74, 6) is 2.55. The summed E-state index contributed by atoms with van der Waals surface area (Å²) >= 11 is 2.98. The first-order valence-electron chi connectivity index (χ1n) is 10.9. The number of hydrogen-bond acceptors (Lipinski definition) is 5. The van der Waals surface area contributed by atoms with Gasteiger partial charge in [-0.2, -0.15) is 9.36 Å². The van der Waals surface area contributed by atoms with Crippen LogP contribution >= 0.6 is 23.3 Å². The molecule has 6 rings (SSSR count). The van der Waals surface area contributed by atoms with Crippen LogP contribution in [0.4, 0.5) is 5.13 Å². The Balaban J connectivity index is 1.39. The molecule has 29 heavy (non-hydrogen) atoms. The molecular weight excluding hydrogens is 398 g/mol. The van der Waals surface area contributed by atoms with Gasteiger partial charge < -0.3 is 5.32 Å². The van der Waals surface area contributed by atoms with E-state index in [0.717, 1.165) is 36.6 Å². The molecule has 1 heterocycles. The summed E-state index contributed by atoms with van der Waals surface area (Å²) in [4.78, 5) is 18.1. The van der Waals surface area contributed by atoms with Crippen LogP contribution in [0, 0.1) is 24.2 Å². The Hall–Kier alpha value is -1.40. The number of nitrogens with one attached hydrogen (secondary N) is 1. The molecule has 2 aromatic rings. The number of carbonyl (C=O) groups excluding carboxylic acids is 1. The van der Waals surface area contributed by atoms with Crippen molar-refractivity contribution < 1.29 is 4.79 Å². The fraction of sp³-hybridized carbons (Fsp3) is 0.609. The number of carbonyl (C=O) groups is 1. The zero-order chi connectivity index (χ0) is 20.1. The van der Waals surface area contributed by atoms with E-state index < -0.39 is 0 Å². The van der Waals surface area contributed by atoms with E-state index in [0.29, 0.717) is 17.0 Å². The van der Waals surface area contributed by atoms with Gasteiger partial charge >= 0.3 is 0 Å². The molecule has 0 aliphatic heterocycles. The van der Waals surface area contributed by atoms with Gasteiger partial charge in [0.25, 0.3) is 0 Å². The molecule has 0 unspecified atom stereocenters. The van der Waals surface area contributed by atoms with E-state index in [4.69, 9.17) is 0 Å². The van der Waals surface area contributed by atoms with E-state index in [9.17, 15) is 4.79 Å². The maximum Gasteiger partial charge on any atom is 0.232 e. The van der Waals surface area contributed by atoms with E-state index in [2.05, 4.69) is 52.8 Å². The molecule has 2 atom stereocenters. The Morgan fingerprint density at radius 2 is 1.93 bits per heavy atom. The Kier molecular flexibility index (Phi) is 4.98. The monoisotopic (exact) mass is 427 g/mol. The van der Waals surface area contributed by atoms with Gasteiger partial charge in [-0.15, -0.1) is 0 Å². The van der Waals surface area contributed by atoms with Crippen LogP contribution in [-0.2, 0) is 10.2 Å². The number of hydrogen-bond donors (Lipinski definition) is 1. The van der Waals surface area contributed by atoms with E-state index in [1.54, 1.807) is 11.8 Å². The third kappa shape index (κ3) is 3.52. The van der Waals surface area contributed by atoms with Gasteiger partial charge in [-0.1, -0.05) is 48.5 Å². The molecule has 0 radical (unpaired) electrons. The van der Waals surface area contributed by atoms with Crippen molar-refractivity contribution in [2.45, 2.75) is 69.4 Å². The van der Waals surface area contributed by atoms with Gasteiger partial charge in [0.1, 0.15) is 0 Å². The number of amides is 1. The Morgan fingerprint density at radius 1 is 1.21 bits per heavy atom. The van der Waals surface area contributed by atoms with Gasteiger partial charge in [0, 0.05) is 17.3 Å². The number of rotatable bonds is 6. The zero-order valence-corrected chi connectivity index (χ0v) is 18.9. The van der Waals surface area contributed by atoms with Crippen molar-refractivity contribution in [1.82, 2.24) is 9.36 Å². The lowest BCUT2D eigenvalue weighted by Crippen LogP contribution is -2.57. The van der Waals surface area contributed by atoms with Crippen LogP contribution in [0.1, 0.15) is 63.0 Å². The number of aromatic nitrogens is 2. The van der Waals surface area contributed by atoms with Gasteiger partial charge in [0.05, 0.1) is 5.41 Å². The third-order valence-electron chi connectivity index (χ3n) is 7.27. The van der Waals surface area contributed by atoms with Gasteiger partial charge in [-0.25, -0.2) is 0 Å². The van der Waals surface area contributed by atoms with Crippen molar-refractivity contribution in [3.8, 4) is 0 Å². The lowest BCUT2D eigenvalue weighted by molar-refractivity contribution is -0.143. The van der Waals surface area contributed by atoms with Crippen molar-refractivity contribution in [3.05, 3.63) is 35.4 Å². The van der Waals surface area contributed by atoms with Gasteiger partial charge in [-0.3, -0.25) is 4.79 Å². The second-order valence-corrected chi connectivity index (χ2v) is 11.4. The van der Waals surface area contributed by atoms with Crippen LogP contribution < -0.4 is 5.32 Å². The minimum Gasteiger partial charge on any atom is -0.300 e. The van der Waals surface area contributed by atoms with Crippen LogP contribution in [0.25, 0.3) is 0 Å². The second kappa shape index (κ2) is 7.38. The quantitative estimate of drug-likeness (QED) is 0.590. The molecule has 4 bridgehead atoms. The summed E-state index contributed by atoms with van der Waals surface area (Å²) in [6.45, 7) is 4.30. The topological polar surface area (TPSA) is 54.9 Å². The minimum absolute atomic E-state index is 0.179. The molecule has 0 spiro atoms. The number of benzene rings is 1. The highest BCUT2D eigenvalue weighted by Crippen LogP contribution is 2.66. The van der Waals surface area contributed by atoms with Gasteiger partial charge in [0.2, 0.25) is 16.2 Å². The van der Waals surface area contributed by atoms with E-state index in [-0.39, 0.29) is 16.7 Å². The average Bonchev–Trinajstić information content (AvgIpc) is 3.13. The van der Waals surface area contributed by atoms with Crippen molar-refractivity contribution >= 4 is 34.3 Å². The minimum atomic E-state index is -0.239. The maximum atomic E-state index is 13.5. The van der Waals surface area contributed by atoms with Gasteiger partial charge in [0.15, 0.2) is 0 Å². The summed E-state index contributed by atoms with van der Waals surface area (Å²) in [5, 5.41) is 4.61. The fourth-order valence-corrected chi connectivity index (χ4v) is 7.91. The molecule has 4 aliphatic rings. The predicted octanol–water partition coefficient (Wildman–Crippen LogP) is 5.83. The summed E-state index contributed by atoms with van der Waals surface area (Å²) in [7, 11) is 0. The van der Waals surface area contributed by atoms with Crippen LogP contribution in [0.2, 0.25) is 0 Å². The third-order valence-corrected chi connectivity index (χ3v) is 9.07. The van der Waals surface area contributed by atoms with Crippen molar-refractivity contribution in [1.29, 1.82) is 0 Å². The molecular formula is C23H29N3OS2. The summed E-state index contributed by atoms with van der Waals surface area (Å²) < 4.78 is 4.40. The first kappa shape index (κ1) is 19.6. The molecule has 4 saturated carbocycles. The van der Waals surface area contributed by atoms with Crippen LogP contribution in [0.15, 0.2) is 29.4 Å². The van der Waals surface area contributed by atoms with Gasteiger partial charge in [-0.05, 0) is 74.7 Å². The Morgan fingerprint density at radius 3 is 2.62 bits per heavy atom. The Bertz CT molecular complexity index is 893. The van der Waals surface area contributed by atoms with Crippen LogP contribution in [0.5, 0.6) is 0 Å². The van der Waals surface area contributed by atoms with Crippen molar-refractivity contribution in [2.75, 3.05) is 11.1 Å². The maximum absolute atomic E-state index is 13.5. The number of nitrogens with zero attached hydrogens (tertiary/aromatic N) is 2. The summed E-state index contributed by atoms with van der Waals surface area (Å²) in [6, 6.07) is 9.10. The van der Waals surface area contributed by atoms with E-state index in [1.165, 1.54) is 41.9 Å². The summed E-state index contributed by atoms with van der Waals surface area (Å²) in [5.41, 5.74) is 2.69. The SMILES string of the molecule is CCCSc1nsc(NC(=O)C23C[C@@H]4C[C@@H](C2)CC(c2ccc(C)cc2)(C4)C3)n1. The zero-order valence-electron chi connectivity index (χ0n) is 17.2. The highest BCUT2D eigenvalue weighted by atomic mass is 32.2. The first-order chi connectivity index (χ1) is 14.0. The molecule has 1 aromatic carbocycles. The normalized spacial score (nSPS) is 32.5. The number of thioether (sulfide) groups is 1. The van der Waals surface area contributed by atoms with E-state index >= 15 is 0 Å². The largest absolute Gasteiger partial charge is 0.300 e. The molecule has 4 nitrogen and oxygen atoms in total. The van der Waals surface area contributed by atoms with Crippen molar-refractivity contribution in [2.24, 2.45) is 17.3 Å². The highest BCUT2D eigenvalue weighted by molar-refractivity contribution is 7.99. The molecule has 4 aliphatic carbocycles. The van der Waals surface area contributed by atoms with E-state index in [1.807, 2.05) is 0 Å². The average molecular weight is 428 g/mol. The molecule has 4 fully saturated rings. The number of anilines is 1. The lowest BCUT2D eigenvalue weighted by atomic mass is 9.42. The molecule has 1 N–H and O–H groups in total. The number of aryl methyl sites for hydroxylation is 1. The van der Waals surface area contributed by atoms with Crippen molar-refractivity contribution in [3.63, 3.8) is 0 Å². The lowest BCUT2D eigenvalue weighted by Gasteiger charge is -2.61. The standard InChI is InChI=1S/C23H29N3OS2/c1-3-8-28-21-25-20(29-26-21)24-19(27)23-12-16-9-17(13-23)11-22(10-16,14-23)18-6-4-15(2)5-7-18/h4-7,16-17H,3,8-14H2,1-2H3,(H,24,25,26,27)/t16-,17-,22?,23?/m1/s1. The summed E-state index contributed by atoms with van der Waals surface area (Å²) in [6.07, 6.45) is 7.96.